The Morgan fingerprint density at radius 2 is 1.77 bits per heavy atom. The highest BCUT2D eigenvalue weighted by Gasteiger charge is 2.32. The molecule has 5 nitrogen and oxygen atoms in total. The van der Waals surface area contributed by atoms with Crippen molar-refractivity contribution in [3.05, 3.63) is 106 Å². The standard InChI is InChI=1S/C24H20ClN3O2S/c25-21-12-6-17(7-13-21)14-26-27-23(30)19-8-10-20(11-9-19)24-28(22(29)16-31-24)15-18-4-2-1-3-5-18/h1-14,24H,15-16H2,(H,27,30)/b26-14-/t24-/m0/s1. The highest BCUT2D eigenvalue weighted by Crippen LogP contribution is 2.39. The van der Waals surface area contributed by atoms with Crippen LogP contribution in [0.3, 0.4) is 0 Å². The first-order valence-corrected chi connectivity index (χ1v) is 11.2. The summed E-state index contributed by atoms with van der Waals surface area (Å²) in [5, 5.41) is 4.57. The van der Waals surface area contributed by atoms with Gasteiger partial charge in [0, 0.05) is 17.1 Å². The van der Waals surface area contributed by atoms with E-state index in [4.69, 9.17) is 11.6 Å². The smallest absolute Gasteiger partial charge is 0.271 e. The maximum absolute atomic E-state index is 12.4. The van der Waals surface area contributed by atoms with E-state index in [2.05, 4.69) is 10.5 Å². The third-order valence-electron chi connectivity index (χ3n) is 4.87. The van der Waals surface area contributed by atoms with Gasteiger partial charge in [0.2, 0.25) is 5.91 Å². The zero-order valence-corrected chi connectivity index (χ0v) is 18.1. The Morgan fingerprint density at radius 1 is 1.06 bits per heavy atom. The summed E-state index contributed by atoms with van der Waals surface area (Å²) >= 11 is 7.46. The Morgan fingerprint density at radius 3 is 2.48 bits per heavy atom. The second-order valence-corrected chi connectivity index (χ2v) is 8.55. The molecule has 1 aliphatic rings. The Balaban J connectivity index is 1.40. The van der Waals surface area contributed by atoms with Gasteiger partial charge in [-0.15, -0.1) is 11.8 Å². The Hall–Kier alpha value is -3.09. The molecule has 31 heavy (non-hydrogen) atoms. The third kappa shape index (κ3) is 5.34. The van der Waals surface area contributed by atoms with E-state index in [1.54, 1.807) is 42.2 Å². The van der Waals surface area contributed by atoms with Crippen molar-refractivity contribution < 1.29 is 9.59 Å². The fourth-order valence-electron chi connectivity index (χ4n) is 3.26. The zero-order valence-electron chi connectivity index (χ0n) is 16.6. The number of hydrogen-bond donors (Lipinski definition) is 1. The molecule has 1 N–H and O–H groups in total. The molecule has 0 bridgehead atoms. The van der Waals surface area contributed by atoms with Gasteiger partial charge in [-0.3, -0.25) is 9.59 Å². The number of thioether (sulfide) groups is 1. The van der Waals surface area contributed by atoms with E-state index >= 15 is 0 Å². The molecule has 1 fully saturated rings. The summed E-state index contributed by atoms with van der Waals surface area (Å²) in [5.41, 5.74) is 5.95. The second kappa shape index (κ2) is 9.81. The minimum Gasteiger partial charge on any atom is -0.322 e. The molecule has 7 heteroatoms. The van der Waals surface area contributed by atoms with Gasteiger partial charge in [0.25, 0.3) is 5.91 Å². The Kier molecular flexibility index (Phi) is 6.70. The molecular formula is C24H20ClN3O2S. The number of benzene rings is 3. The van der Waals surface area contributed by atoms with E-state index in [0.29, 0.717) is 22.9 Å². The lowest BCUT2D eigenvalue weighted by Crippen LogP contribution is -2.27. The number of nitrogens with zero attached hydrogens (tertiary/aromatic N) is 2. The van der Waals surface area contributed by atoms with Crippen molar-refractivity contribution in [3.8, 4) is 0 Å². The monoisotopic (exact) mass is 449 g/mol. The van der Waals surface area contributed by atoms with E-state index in [1.807, 2.05) is 59.5 Å². The summed E-state index contributed by atoms with van der Waals surface area (Å²) < 4.78 is 0. The van der Waals surface area contributed by atoms with Gasteiger partial charge in [-0.1, -0.05) is 66.2 Å². The molecule has 0 saturated carbocycles. The van der Waals surface area contributed by atoms with Gasteiger partial charge in [0.05, 0.1) is 12.0 Å². The molecule has 0 aromatic heterocycles. The van der Waals surface area contributed by atoms with Crippen LogP contribution in [-0.4, -0.2) is 28.7 Å². The van der Waals surface area contributed by atoms with E-state index in [1.165, 1.54) is 0 Å². The van der Waals surface area contributed by atoms with Crippen LogP contribution < -0.4 is 5.43 Å². The summed E-state index contributed by atoms with van der Waals surface area (Å²) in [7, 11) is 0. The highest BCUT2D eigenvalue weighted by molar-refractivity contribution is 8.00. The van der Waals surface area contributed by atoms with Gasteiger partial charge in [-0.05, 0) is 41.0 Å². The van der Waals surface area contributed by atoms with E-state index in [0.717, 1.165) is 16.7 Å². The lowest BCUT2D eigenvalue weighted by atomic mass is 10.1. The van der Waals surface area contributed by atoms with Crippen LogP contribution in [0, 0.1) is 0 Å². The normalized spacial score (nSPS) is 16.1. The number of hydrazone groups is 1. The van der Waals surface area contributed by atoms with Crippen molar-refractivity contribution in [2.75, 3.05) is 5.75 Å². The third-order valence-corrected chi connectivity index (χ3v) is 6.38. The first-order chi connectivity index (χ1) is 15.1. The van der Waals surface area contributed by atoms with Crippen LogP contribution in [-0.2, 0) is 11.3 Å². The Bertz CT molecular complexity index is 1090. The fourth-order valence-corrected chi connectivity index (χ4v) is 4.57. The molecule has 4 rings (SSSR count). The molecule has 1 saturated heterocycles. The maximum Gasteiger partial charge on any atom is 0.271 e. The number of hydrogen-bond acceptors (Lipinski definition) is 4. The van der Waals surface area contributed by atoms with Crippen LogP contribution in [0.5, 0.6) is 0 Å². The van der Waals surface area contributed by atoms with Gasteiger partial charge in [0.15, 0.2) is 0 Å². The number of amides is 2. The molecule has 3 aromatic rings. The SMILES string of the molecule is O=C(N/N=C\c1ccc(Cl)cc1)c1ccc([C@@H]2SCC(=O)N2Cc2ccccc2)cc1. The second-order valence-electron chi connectivity index (χ2n) is 7.04. The minimum atomic E-state index is -0.298. The van der Waals surface area contributed by atoms with Gasteiger partial charge in [-0.2, -0.15) is 5.10 Å². The van der Waals surface area contributed by atoms with E-state index in [-0.39, 0.29) is 17.2 Å². The van der Waals surface area contributed by atoms with Gasteiger partial charge < -0.3 is 4.90 Å². The van der Waals surface area contributed by atoms with Crippen LogP contribution in [0.4, 0.5) is 0 Å². The summed E-state index contributed by atoms with van der Waals surface area (Å²) in [4.78, 5) is 26.7. The van der Waals surface area contributed by atoms with Crippen molar-refractivity contribution in [2.45, 2.75) is 11.9 Å². The lowest BCUT2D eigenvalue weighted by Gasteiger charge is -2.24. The van der Waals surface area contributed by atoms with Crippen molar-refractivity contribution in [1.29, 1.82) is 0 Å². The summed E-state index contributed by atoms with van der Waals surface area (Å²) in [6.07, 6.45) is 1.56. The van der Waals surface area contributed by atoms with Crippen LogP contribution in [0.2, 0.25) is 5.02 Å². The van der Waals surface area contributed by atoms with Gasteiger partial charge in [0.1, 0.15) is 5.37 Å². The van der Waals surface area contributed by atoms with E-state index < -0.39 is 0 Å². The van der Waals surface area contributed by atoms with Crippen molar-refractivity contribution in [3.63, 3.8) is 0 Å². The predicted molar refractivity (Wildman–Crippen MR) is 125 cm³/mol. The first-order valence-electron chi connectivity index (χ1n) is 9.74. The largest absolute Gasteiger partial charge is 0.322 e. The molecule has 3 aromatic carbocycles. The summed E-state index contributed by atoms with van der Waals surface area (Å²) in [6.45, 7) is 0.568. The number of rotatable bonds is 6. The number of halogens is 1. The molecule has 0 aliphatic carbocycles. The molecule has 1 heterocycles. The van der Waals surface area contributed by atoms with Crippen molar-refractivity contribution >= 4 is 41.4 Å². The van der Waals surface area contributed by atoms with Crippen LogP contribution in [0.1, 0.15) is 32.4 Å². The average molecular weight is 450 g/mol. The number of carbonyl (C=O) groups is 2. The van der Waals surface area contributed by atoms with Crippen molar-refractivity contribution in [2.24, 2.45) is 5.10 Å². The number of nitrogens with one attached hydrogen (secondary N) is 1. The molecule has 1 aliphatic heterocycles. The van der Waals surface area contributed by atoms with Gasteiger partial charge >= 0.3 is 0 Å². The Labute approximate surface area is 190 Å². The molecular weight excluding hydrogens is 430 g/mol. The molecule has 0 spiro atoms. The summed E-state index contributed by atoms with van der Waals surface area (Å²) in [5.74, 6) is 0.282. The van der Waals surface area contributed by atoms with Crippen LogP contribution in [0.15, 0.2) is 84.0 Å². The average Bonchev–Trinajstić information content (AvgIpc) is 3.16. The van der Waals surface area contributed by atoms with E-state index in [9.17, 15) is 9.59 Å². The maximum atomic E-state index is 12.4. The van der Waals surface area contributed by atoms with Crippen molar-refractivity contribution in [1.82, 2.24) is 10.3 Å². The summed E-state index contributed by atoms with van der Waals surface area (Å²) in [6, 6.07) is 24.4. The first kappa shape index (κ1) is 21.2. The fraction of sp³-hybridized carbons (Fsp3) is 0.125. The van der Waals surface area contributed by atoms with Crippen LogP contribution >= 0.6 is 23.4 Å². The quantitative estimate of drug-likeness (QED) is 0.431. The molecule has 156 valence electrons. The number of carbonyl (C=O) groups excluding carboxylic acids is 2. The van der Waals surface area contributed by atoms with Gasteiger partial charge in [-0.25, -0.2) is 5.43 Å². The molecule has 1 atom stereocenters. The zero-order chi connectivity index (χ0) is 21.6. The molecule has 0 unspecified atom stereocenters. The van der Waals surface area contributed by atoms with Crippen LogP contribution in [0.25, 0.3) is 0 Å². The topological polar surface area (TPSA) is 61.8 Å². The predicted octanol–water partition coefficient (Wildman–Crippen LogP) is 4.88. The minimum absolute atomic E-state index is 0.0623. The molecule has 2 amide bonds. The highest BCUT2D eigenvalue weighted by atomic mass is 35.5. The lowest BCUT2D eigenvalue weighted by molar-refractivity contribution is -0.128. The molecule has 0 radical (unpaired) electrons.